The monoisotopic (exact) mass is 534 g/mol. The average molecular weight is 535 g/mol. The number of thiophene rings is 1. The van der Waals surface area contributed by atoms with Gasteiger partial charge in [-0.2, -0.15) is 0 Å². The van der Waals surface area contributed by atoms with Crippen molar-refractivity contribution >= 4 is 23.2 Å². The SMILES string of the molecule is COc1cccc(C(=O)N(CC(=O)N2CCc3sccc3[C@H]2COc2cccc(F)c2)Cc2ccco2)c1. The zero-order valence-electron chi connectivity index (χ0n) is 20.8. The van der Waals surface area contributed by atoms with E-state index in [-0.39, 0.29) is 43.4 Å². The van der Waals surface area contributed by atoms with Gasteiger partial charge in [0.15, 0.2) is 0 Å². The number of amides is 2. The summed E-state index contributed by atoms with van der Waals surface area (Å²) in [5, 5.41) is 2.00. The molecular weight excluding hydrogens is 507 g/mol. The molecule has 0 unspecified atom stereocenters. The number of furan rings is 1. The Balaban J connectivity index is 1.38. The van der Waals surface area contributed by atoms with Gasteiger partial charge in [0.2, 0.25) is 5.91 Å². The summed E-state index contributed by atoms with van der Waals surface area (Å²) in [6.45, 7) is 0.649. The first-order valence-corrected chi connectivity index (χ1v) is 13.1. The predicted molar refractivity (Wildman–Crippen MR) is 141 cm³/mol. The summed E-state index contributed by atoms with van der Waals surface area (Å²) in [7, 11) is 1.54. The Morgan fingerprint density at radius 1 is 1.11 bits per heavy atom. The Labute approximate surface area is 224 Å². The van der Waals surface area contributed by atoms with Gasteiger partial charge in [0.1, 0.15) is 36.2 Å². The third kappa shape index (κ3) is 5.73. The number of rotatable bonds is 9. The molecule has 196 valence electrons. The van der Waals surface area contributed by atoms with Crippen LogP contribution in [0.3, 0.4) is 0 Å². The van der Waals surface area contributed by atoms with Crippen molar-refractivity contribution in [1.82, 2.24) is 9.80 Å². The van der Waals surface area contributed by atoms with Crippen LogP contribution in [0, 0.1) is 5.82 Å². The number of methoxy groups -OCH3 is 1. The van der Waals surface area contributed by atoms with Gasteiger partial charge in [0.05, 0.1) is 26.0 Å². The van der Waals surface area contributed by atoms with Gasteiger partial charge in [-0.1, -0.05) is 12.1 Å². The number of halogens is 1. The van der Waals surface area contributed by atoms with E-state index < -0.39 is 0 Å². The van der Waals surface area contributed by atoms with Gasteiger partial charge in [0.25, 0.3) is 5.91 Å². The average Bonchev–Trinajstić information content (AvgIpc) is 3.63. The summed E-state index contributed by atoms with van der Waals surface area (Å²) in [6.07, 6.45) is 2.26. The maximum absolute atomic E-state index is 13.8. The fraction of sp³-hybridized carbons (Fsp3) is 0.241. The fourth-order valence-corrected chi connectivity index (χ4v) is 5.52. The molecule has 4 aromatic rings. The normalized spacial score (nSPS) is 14.6. The smallest absolute Gasteiger partial charge is 0.254 e. The minimum absolute atomic E-state index is 0.136. The van der Waals surface area contributed by atoms with Gasteiger partial charge in [-0.05, 0) is 65.9 Å². The standard InChI is InChI=1S/C29H27FN2O5S/c1-35-22-7-2-5-20(15-22)29(34)31(17-24-9-4-13-36-24)18-28(33)32-12-10-27-25(11-14-38-27)26(32)19-37-23-8-3-6-21(30)16-23/h2-9,11,13-16,26H,10,12,17-19H2,1H3/t26-/m1/s1. The van der Waals surface area contributed by atoms with Crippen LogP contribution >= 0.6 is 11.3 Å². The lowest BCUT2D eigenvalue weighted by atomic mass is 10.0. The van der Waals surface area contributed by atoms with Crippen molar-refractivity contribution in [2.24, 2.45) is 0 Å². The van der Waals surface area contributed by atoms with Crippen molar-refractivity contribution < 1.29 is 27.9 Å². The van der Waals surface area contributed by atoms with Crippen LogP contribution in [0.4, 0.5) is 4.39 Å². The van der Waals surface area contributed by atoms with Crippen molar-refractivity contribution in [3.05, 3.63) is 106 Å². The van der Waals surface area contributed by atoms with E-state index in [2.05, 4.69) is 0 Å². The molecule has 7 nitrogen and oxygen atoms in total. The van der Waals surface area contributed by atoms with E-state index in [0.29, 0.717) is 29.4 Å². The number of hydrogen-bond acceptors (Lipinski definition) is 6. The second kappa shape index (κ2) is 11.5. The minimum atomic E-state index is -0.389. The molecule has 38 heavy (non-hydrogen) atoms. The summed E-state index contributed by atoms with van der Waals surface area (Å²) in [5.41, 5.74) is 1.43. The molecule has 0 spiro atoms. The Bertz CT molecular complexity index is 1400. The van der Waals surface area contributed by atoms with Gasteiger partial charge in [-0.3, -0.25) is 9.59 Å². The molecule has 0 radical (unpaired) electrons. The topological polar surface area (TPSA) is 72.2 Å². The number of hydrogen-bond donors (Lipinski definition) is 0. The first-order chi connectivity index (χ1) is 18.5. The number of carbonyl (C=O) groups excluding carboxylic acids is 2. The third-order valence-corrected chi connectivity index (χ3v) is 7.47. The Kier molecular flexibility index (Phi) is 7.74. The molecule has 1 aliphatic rings. The maximum atomic E-state index is 13.8. The summed E-state index contributed by atoms with van der Waals surface area (Å²) < 4.78 is 30.4. The number of fused-ring (bicyclic) bond motifs is 1. The van der Waals surface area contributed by atoms with Crippen LogP contribution in [-0.2, 0) is 17.8 Å². The van der Waals surface area contributed by atoms with Crippen LogP contribution in [0.25, 0.3) is 0 Å². The minimum Gasteiger partial charge on any atom is -0.497 e. The van der Waals surface area contributed by atoms with E-state index in [0.717, 1.165) is 12.0 Å². The van der Waals surface area contributed by atoms with E-state index in [9.17, 15) is 14.0 Å². The van der Waals surface area contributed by atoms with E-state index in [1.54, 1.807) is 64.8 Å². The highest BCUT2D eigenvalue weighted by Gasteiger charge is 2.34. The number of nitrogens with zero attached hydrogens (tertiary/aromatic N) is 2. The number of ether oxygens (including phenoxy) is 2. The Hall–Kier alpha value is -4.11. The molecule has 0 fully saturated rings. The molecule has 0 bridgehead atoms. The lowest BCUT2D eigenvalue weighted by molar-refractivity contribution is -0.135. The molecule has 0 N–H and O–H groups in total. The van der Waals surface area contributed by atoms with E-state index in [1.165, 1.54) is 35.3 Å². The van der Waals surface area contributed by atoms with Crippen molar-refractivity contribution in [2.45, 2.75) is 19.0 Å². The van der Waals surface area contributed by atoms with Gasteiger partial charge in [-0.25, -0.2) is 4.39 Å². The van der Waals surface area contributed by atoms with Gasteiger partial charge in [-0.15, -0.1) is 11.3 Å². The second-order valence-corrected chi connectivity index (χ2v) is 9.89. The van der Waals surface area contributed by atoms with Crippen molar-refractivity contribution in [3.63, 3.8) is 0 Å². The molecule has 0 aliphatic carbocycles. The molecular formula is C29H27FN2O5S. The van der Waals surface area contributed by atoms with Crippen molar-refractivity contribution in [3.8, 4) is 11.5 Å². The second-order valence-electron chi connectivity index (χ2n) is 8.89. The molecule has 3 heterocycles. The summed E-state index contributed by atoms with van der Waals surface area (Å²) in [6, 6.07) is 17.9. The lowest BCUT2D eigenvalue weighted by Crippen LogP contribution is -2.47. The number of benzene rings is 2. The lowest BCUT2D eigenvalue weighted by Gasteiger charge is -2.37. The highest BCUT2D eigenvalue weighted by Crippen LogP contribution is 2.34. The van der Waals surface area contributed by atoms with E-state index in [1.807, 2.05) is 11.4 Å². The summed E-state index contributed by atoms with van der Waals surface area (Å²) in [5.74, 6) is 0.605. The third-order valence-electron chi connectivity index (χ3n) is 6.48. The van der Waals surface area contributed by atoms with Crippen LogP contribution < -0.4 is 9.47 Å². The Morgan fingerprint density at radius 2 is 1.95 bits per heavy atom. The zero-order valence-corrected chi connectivity index (χ0v) is 21.7. The molecule has 0 saturated heterocycles. The molecule has 1 aliphatic heterocycles. The molecule has 1 atom stereocenters. The predicted octanol–water partition coefficient (Wildman–Crippen LogP) is 5.34. The Morgan fingerprint density at radius 3 is 2.74 bits per heavy atom. The first-order valence-electron chi connectivity index (χ1n) is 12.2. The molecule has 2 aromatic heterocycles. The van der Waals surface area contributed by atoms with Crippen molar-refractivity contribution in [2.75, 3.05) is 26.8 Å². The fourth-order valence-electron chi connectivity index (χ4n) is 4.59. The van der Waals surface area contributed by atoms with Crippen LogP contribution in [0.15, 0.2) is 82.8 Å². The van der Waals surface area contributed by atoms with E-state index in [4.69, 9.17) is 13.9 Å². The van der Waals surface area contributed by atoms with Crippen LogP contribution in [0.2, 0.25) is 0 Å². The zero-order chi connectivity index (χ0) is 26.5. The largest absolute Gasteiger partial charge is 0.497 e. The number of carbonyl (C=O) groups is 2. The van der Waals surface area contributed by atoms with Gasteiger partial charge in [0, 0.05) is 23.1 Å². The highest BCUT2D eigenvalue weighted by molar-refractivity contribution is 7.10. The van der Waals surface area contributed by atoms with Gasteiger partial charge < -0.3 is 23.7 Å². The molecule has 0 saturated carbocycles. The van der Waals surface area contributed by atoms with Gasteiger partial charge >= 0.3 is 0 Å². The summed E-state index contributed by atoms with van der Waals surface area (Å²) in [4.78, 5) is 31.7. The molecule has 9 heteroatoms. The van der Waals surface area contributed by atoms with E-state index >= 15 is 0 Å². The van der Waals surface area contributed by atoms with Crippen LogP contribution in [0.1, 0.15) is 32.6 Å². The molecule has 2 amide bonds. The van der Waals surface area contributed by atoms with Crippen LogP contribution in [0.5, 0.6) is 11.5 Å². The highest BCUT2D eigenvalue weighted by atomic mass is 32.1. The maximum Gasteiger partial charge on any atom is 0.254 e. The summed E-state index contributed by atoms with van der Waals surface area (Å²) >= 11 is 1.65. The quantitative estimate of drug-likeness (QED) is 0.290. The first kappa shape index (κ1) is 25.5. The van der Waals surface area contributed by atoms with Crippen molar-refractivity contribution in [1.29, 1.82) is 0 Å². The van der Waals surface area contributed by atoms with Crippen LogP contribution in [-0.4, -0.2) is 48.4 Å². The molecule has 5 rings (SSSR count). The molecule has 2 aromatic carbocycles.